The van der Waals surface area contributed by atoms with Crippen LogP contribution < -0.4 is 16.9 Å². The first-order chi connectivity index (χ1) is 8.57. The minimum atomic E-state index is -0.344. The van der Waals surface area contributed by atoms with E-state index in [1.54, 1.807) is 7.11 Å². The van der Waals surface area contributed by atoms with Gasteiger partial charge in [0.15, 0.2) is 0 Å². The van der Waals surface area contributed by atoms with Crippen LogP contribution in [0.15, 0.2) is 36.4 Å². The van der Waals surface area contributed by atoms with Crippen LogP contribution in [0.3, 0.4) is 0 Å². The highest BCUT2D eigenvalue weighted by Gasteiger charge is 2.37. The van der Waals surface area contributed by atoms with Gasteiger partial charge in [-0.15, -0.1) is 0 Å². The van der Waals surface area contributed by atoms with E-state index >= 15 is 0 Å². The van der Waals surface area contributed by atoms with Crippen molar-refractivity contribution in [1.82, 2.24) is 4.48 Å². The molecule has 96 valence electrons. The molecule has 0 N–H and O–H groups in total. The van der Waals surface area contributed by atoms with Crippen LogP contribution in [-0.2, 0) is 11.1 Å². The first kappa shape index (κ1) is 12.0. The molecule has 0 fully saturated rings. The molecule has 3 rings (SSSR count). The van der Waals surface area contributed by atoms with Gasteiger partial charge in [0.05, 0.1) is 20.5 Å². The van der Waals surface area contributed by atoms with Gasteiger partial charge in [0, 0.05) is 13.9 Å². The van der Waals surface area contributed by atoms with Gasteiger partial charge in [-0.3, -0.25) is 4.48 Å². The highest BCUT2D eigenvalue weighted by atomic mass is 35.5. The van der Waals surface area contributed by atoms with E-state index in [1.165, 1.54) is 16.5 Å². The minimum Gasteiger partial charge on any atom is -1.00 e. The number of methoxy groups -OCH3 is 1. The summed E-state index contributed by atoms with van der Waals surface area (Å²) >= 11 is 0. The molecule has 1 aliphatic rings. The SMILES string of the molecule is [2H][C@@H]1c2cccc3cccc(c23)[N+](C)(C)[C@H]1OC.[Cl-]. The van der Waals surface area contributed by atoms with Gasteiger partial charge in [-0.05, 0) is 17.0 Å². The zero-order valence-corrected chi connectivity index (χ0v) is 11.6. The Bertz CT molecular complexity index is 609. The summed E-state index contributed by atoms with van der Waals surface area (Å²) in [4.78, 5) is 0. The van der Waals surface area contributed by atoms with Gasteiger partial charge >= 0.3 is 0 Å². The molecule has 0 amide bonds. The van der Waals surface area contributed by atoms with Crippen molar-refractivity contribution in [2.75, 3.05) is 21.2 Å². The van der Waals surface area contributed by atoms with Crippen LogP contribution >= 0.6 is 0 Å². The molecule has 1 heterocycles. The molecule has 2 aromatic rings. The maximum absolute atomic E-state index is 8.46. The summed E-state index contributed by atoms with van der Waals surface area (Å²) in [6, 6.07) is 12.5. The summed E-state index contributed by atoms with van der Waals surface area (Å²) in [5.74, 6) is 0. The standard InChI is InChI=1S/C15H18NO.ClH/c1-16(2)13-9-5-7-11-6-4-8-12(15(11)13)10-14(16)17-3;/h4-9,14H,10H2,1-3H3;1H/q+1;/p-1/t14-;/m0./s1/i10D;/t10-,14+;/m1.. The summed E-state index contributed by atoms with van der Waals surface area (Å²) in [6.45, 7) is 0. The average molecular weight is 265 g/mol. The fourth-order valence-corrected chi connectivity index (χ4v) is 2.78. The second-order valence-electron chi connectivity index (χ2n) is 5.06. The number of hydrogen-bond donors (Lipinski definition) is 0. The number of halogens is 1. The average Bonchev–Trinajstić information content (AvgIpc) is 2.36. The molecule has 0 radical (unpaired) electrons. The largest absolute Gasteiger partial charge is 1.00 e. The molecule has 2 nitrogen and oxygen atoms in total. The van der Waals surface area contributed by atoms with Gasteiger partial charge in [-0.25, -0.2) is 0 Å². The van der Waals surface area contributed by atoms with Crippen molar-refractivity contribution in [1.29, 1.82) is 0 Å². The van der Waals surface area contributed by atoms with Gasteiger partial charge < -0.3 is 17.1 Å². The second-order valence-corrected chi connectivity index (χ2v) is 5.06. The second kappa shape index (κ2) is 4.54. The van der Waals surface area contributed by atoms with Crippen molar-refractivity contribution in [3.05, 3.63) is 42.0 Å². The lowest BCUT2D eigenvalue weighted by atomic mass is 9.94. The van der Waals surface area contributed by atoms with E-state index in [1.807, 2.05) is 6.07 Å². The molecule has 18 heavy (non-hydrogen) atoms. The fraction of sp³-hybridized carbons (Fsp3) is 0.333. The summed E-state index contributed by atoms with van der Waals surface area (Å²) in [6.07, 6.45) is -0.505. The van der Waals surface area contributed by atoms with Crippen LogP contribution in [0.5, 0.6) is 0 Å². The molecule has 0 aromatic heterocycles. The smallest absolute Gasteiger partial charge is 0.201 e. The van der Waals surface area contributed by atoms with E-state index in [2.05, 4.69) is 44.4 Å². The molecule has 0 saturated carbocycles. The topological polar surface area (TPSA) is 9.23 Å². The van der Waals surface area contributed by atoms with Crippen LogP contribution in [0.1, 0.15) is 6.93 Å². The molecule has 0 unspecified atom stereocenters. The van der Waals surface area contributed by atoms with Crippen molar-refractivity contribution >= 4 is 16.5 Å². The molecule has 0 spiro atoms. The number of nitrogens with zero attached hydrogens (tertiary/aromatic N) is 1. The third-order valence-electron chi connectivity index (χ3n) is 3.74. The summed E-state index contributed by atoms with van der Waals surface area (Å²) in [5, 5.41) is 2.43. The minimum absolute atomic E-state index is 0. The van der Waals surface area contributed by atoms with Crippen LogP contribution in [0.25, 0.3) is 10.8 Å². The molecule has 3 heteroatoms. The maximum Gasteiger partial charge on any atom is 0.201 e. The highest BCUT2D eigenvalue weighted by Crippen LogP contribution is 2.39. The zero-order chi connectivity index (χ0) is 12.9. The Balaban J connectivity index is 0.00000133. The van der Waals surface area contributed by atoms with E-state index in [4.69, 9.17) is 6.11 Å². The molecule has 2 atom stereocenters. The summed E-state index contributed by atoms with van der Waals surface area (Å²) < 4.78 is 14.6. The predicted octanol–water partition coefficient (Wildman–Crippen LogP) is -0.0607. The Morgan fingerprint density at radius 1 is 1.22 bits per heavy atom. The summed E-state index contributed by atoms with van der Waals surface area (Å²) in [5.41, 5.74) is 2.31. The van der Waals surface area contributed by atoms with E-state index in [9.17, 15) is 0 Å². The van der Waals surface area contributed by atoms with Crippen molar-refractivity contribution in [3.8, 4) is 0 Å². The quantitative estimate of drug-likeness (QED) is 0.656. The predicted molar refractivity (Wildman–Crippen MR) is 72.1 cm³/mol. The Kier molecular flexibility index (Phi) is 3.02. The van der Waals surface area contributed by atoms with E-state index < -0.39 is 0 Å². The Hall–Kier alpha value is -1.09. The molecule has 0 aliphatic carbocycles. The third-order valence-corrected chi connectivity index (χ3v) is 3.74. The molecular formula is C15H18ClNO. The molecule has 2 aromatic carbocycles. The fourth-order valence-electron chi connectivity index (χ4n) is 2.78. The Morgan fingerprint density at radius 2 is 1.89 bits per heavy atom. The number of rotatable bonds is 1. The number of hydrogen-bond acceptors (Lipinski definition) is 1. The van der Waals surface area contributed by atoms with Gasteiger partial charge in [0.2, 0.25) is 6.23 Å². The molecule has 1 aliphatic heterocycles. The number of ether oxygens (including phenoxy) is 1. The van der Waals surface area contributed by atoms with Gasteiger partial charge in [-0.1, -0.05) is 30.3 Å². The van der Waals surface area contributed by atoms with Crippen molar-refractivity contribution < 1.29 is 18.5 Å². The third kappa shape index (κ3) is 1.72. The van der Waals surface area contributed by atoms with Gasteiger partial charge in [-0.2, -0.15) is 0 Å². The van der Waals surface area contributed by atoms with Crippen molar-refractivity contribution in [3.63, 3.8) is 0 Å². The zero-order valence-electron chi connectivity index (χ0n) is 11.9. The Labute approximate surface area is 116 Å². The van der Waals surface area contributed by atoms with Gasteiger partial charge in [0.25, 0.3) is 0 Å². The van der Waals surface area contributed by atoms with Crippen LogP contribution in [0.4, 0.5) is 5.69 Å². The van der Waals surface area contributed by atoms with Crippen molar-refractivity contribution in [2.45, 2.75) is 12.6 Å². The lowest BCUT2D eigenvalue weighted by Gasteiger charge is -2.40. The molecule has 0 bridgehead atoms. The number of quaternary nitrogens is 1. The van der Waals surface area contributed by atoms with E-state index in [0.717, 1.165) is 5.56 Å². The lowest BCUT2D eigenvalue weighted by Crippen LogP contribution is -3.00. The van der Waals surface area contributed by atoms with Crippen molar-refractivity contribution in [2.24, 2.45) is 0 Å². The number of benzene rings is 2. The molecular weight excluding hydrogens is 246 g/mol. The maximum atomic E-state index is 8.46. The Morgan fingerprint density at radius 3 is 2.56 bits per heavy atom. The van der Waals surface area contributed by atoms with Crippen LogP contribution in [0, 0.1) is 0 Å². The normalized spacial score (nSPS) is 25.4. The van der Waals surface area contributed by atoms with Crippen LogP contribution in [0.2, 0.25) is 0 Å². The highest BCUT2D eigenvalue weighted by molar-refractivity contribution is 5.97. The molecule has 0 saturated heterocycles. The van der Waals surface area contributed by atoms with Crippen LogP contribution in [-0.4, -0.2) is 27.4 Å². The number of likely N-dealkylation sites (N-methyl/N-ethyl adjacent to an activating group) is 1. The van der Waals surface area contributed by atoms with Gasteiger partial charge in [0.1, 0.15) is 5.69 Å². The van der Waals surface area contributed by atoms with E-state index in [-0.39, 0.29) is 25.0 Å². The first-order valence-electron chi connectivity index (χ1n) is 6.46. The first-order valence-corrected chi connectivity index (χ1v) is 5.88. The monoisotopic (exact) mass is 264 g/mol. The van der Waals surface area contributed by atoms with E-state index in [0.29, 0.717) is 4.48 Å². The lowest BCUT2D eigenvalue weighted by molar-refractivity contribution is -0.000678. The summed E-state index contributed by atoms with van der Waals surface area (Å²) in [7, 11) is 5.92.